The molecule has 0 aliphatic carbocycles. The van der Waals surface area contributed by atoms with Gasteiger partial charge in [0.05, 0.1) is 4.92 Å². The van der Waals surface area contributed by atoms with Crippen LogP contribution in [-0.2, 0) is 6.42 Å². The normalized spacial score (nSPS) is 10.9. The lowest BCUT2D eigenvalue weighted by Gasteiger charge is -2.09. The fraction of sp³-hybridized carbons (Fsp3) is 0.133. The Bertz CT molecular complexity index is 711. The van der Waals surface area contributed by atoms with Gasteiger partial charge >= 0.3 is 0 Å². The molecule has 6 nitrogen and oxygen atoms in total. The van der Waals surface area contributed by atoms with Crippen molar-refractivity contribution < 1.29 is 15.1 Å². The molecule has 0 aromatic heterocycles. The van der Waals surface area contributed by atoms with E-state index >= 15 is 0 Å². The highest BCUT2D eigenvalue weighted by Gasteiger charge is 2.06. The number of nitro groups is 1. The average Bonchev–Trinajstić information content (AvgIpc) is 2.47. The molecule has 21 heavy (non-hydrogen) atoms. The van der Waals surface area contributed by atoms with Crippen molar-refractivity contribution in [3.8, 4) is 11.5 Å². The summed E-state index contributed by atoms with van der Waals surface area (Å²) in [5.74, 6) is -0.378. The molecule has 0 saturated heterocycles. The Morgan fingerprint density at radius 1 is 1.29 bits per heavy atom. The number of nitrogens with zero attached hydrogens (tertiary/aromatic N) is 2. The Labute approximate surface area is 121 Å². The Kier molecular flexibility index (Phi) is 4.18. The smallest absolute Gasteiger partial charge is 0.270 e. The van der Waals surface area contributed by atoms with Crippen LogP contribution < -0.4 is 5.11 Å². The fourth-order valence-corrected chi connectivity index (χ4v) is 1.78. The van der Waals surface area contributed by atoms with Gasteiger partial charge in [0.1, 0.15) is 11.4 Å². The first-order chi connectivity index (χ1) is 10.0. The number of non-ortho nitro benzene ring substituents is 1. The maximum atomic E-state index is 11.6. The number of aliphatic imine (C=N–C) groups is 1. The lowest BCUT2D eigenvalue weighted by atomic mass is 10.1. The molecule has 0 saturated carbocycles. The predicted octanol–water partition coefficient (Wildman–Crippen LogP) is 2.69. The van der Waals surface area contributed by atoms with Gasteiger partial charge in [0.15, 0.2) is 0 Å². The van der Waals surface area contributed by atoms with E-state index in [0.717, 1.165) is 30.2 Å². The molecular weight excluding hydrogens is 272 g/mol. The molecule has 0 fully saturated rings. The van der Waals surface area contributed by atoms with Gasteiger partial charge in [-0.3, -0.25) is 15.1 Å². The highest BCUT2D eigenvalue weighted by Crippen LogP contribution is 2.28. The summed E-state index contributed by atoms with van der Waals surface area (Å²) in [4.78, 5) is 14.2. The summed E-state index contributed by atoms with van der Waals surface area (Å²) in [6.45, 7) is 1.97. The van der Waals surface area contributed by atoms with E-state index in [0.29, 0.717) is 5.69 Å². The Hall–Kier alpha value is -2.89. The van der Waals surface area contributed by atoms with E-state index in [1.165, 1.54) is 12.3 Å². The van der Waals surface area contributed by atoms with E-state index in [1.807, 2.05) is 6.92 Å². The van der Waals surface area contributed by atoms with Crippen molar-refractivity contribution in [3.63, 3.8) is 0 Å². The third-order valence-corrected chi connectivity index (χ3v) is 2.99. The number of aromatic hydroxyl groups is 1. The third-order valence-electron chi connectivity index (χ3n) is 2.99. The van der Waals surface area contributed by atoms with E-state index in [9.17, 15) is 20.3 Å². The minimum atomic E-state index is -0.577. The fourth-order valence-electron chi connectivity index (χ4n) is 1.78. The second kappa shape index (κ2) is 6.04. The zero-order chi connectivity index (χ0) is 15.4. The van der Waals surface area contributed by atoms with Gasteiger partial charge in [0.2, 0.25) is 0 Å². The molecule has 6 heteroatoms. The maximum Gasteiger partial charge on any atom is 0.270 e. The van der Waals surface area contributed by atoms with E-state index < -0.39 is 4.92 Å². The van der Waals surface area contributed by atoms with Gasteiger partial charge in [-0.1, -0.05) is 24.8 Å². The monoisotopic (exact) mass is 285 g/mol. The van der Waals surface area contributed by atoms with Crippen molar-refractivity contribution in [2.45, 2.75) is 13.3 Å². The number of hydrogen-bond donors (Lipinski definition) is 1. The zero-order valence-electron chi connectivity index (χ0n) is 11.3. The number of nitro benzene ring substituents is 1. The van der Waals surface area contributed by atoms with Crippen molar-refractivity contribution in [2.24, 2.45) is 4.99 Å². The molecule has 0 unspecified atom stereocenters. The van der Waals surface area contributed by atoms with E-state index in [-0.39, 0.29) is 22.7 Å². The Morgan fingerprint density at radius 2 is 2.05 bits per heavy atom. The largest absolute Gasteiger partial charge is 0.872 e. The van der Waals surface area contributed by atoms with Crippen molar-refractivity contribution >= 4 is 17.6 Å². The molecule has 2 rings (SSSR count). The number of rotatable bonds is 4. The number of phenols is 1. The van der Waals surface area contributed by atoms with Gasteiger partial charge in [-0.15, -0.1) is 0 Å². The molecule has 0 aliphatic rings. The van der Waals surface area contributed by atoms with Crippen LogP contribution >= 0.6 is 0 Å². The number of benzene rings is 2. The van der Waals surface area contributed by atoms with Crippen LogP contribution in [0.2, 0.25) is 0 Å². The summed E-state index contributed by atoms with van der Waals surface area (Å²) < 4.78 is 0. The summed E-state index contributed by atoms with van der Waals surface area (Å²) in [5, 5.41) is 32.1. The number of phenolic OH excluding ortho intramolecular Hbond substituents is 1. The standard InChI is InChI=1S/C15H14N2O4/c1-2-10-3-5-15(19)13(7-10)16-9-11-8-12(17(20)21)4-6-14(11)18/h3-9,18-19H,2H2,1H3/p-1. The molecule has 0 spiro atoms. The van der Waals surface area contributed by atoms with Crippen molar-refractivity contribution in [1.29, 1.82) is 0 Å². The molecule has 108 valence electrons. The first-order valence-electron chi connectivity index (χ1n) is 6.32. The second-order valence-corrected chi connectivity index (χ2v) is 4.41. The lowest BCUT2D eigenvalue weighted by Crippen LogP contribution is -1.98. The van der Waals surface area contributed by atoms with Crippen molar-refractivity contribution in [2.75, 3.05) is 0 Å². The molecule has 0 amide bonds. The highest BCUT2D eigenvalue weighted by atomic mass is 16.6. The Morgan fingerprint density at radius 3 is 2.71 bits per heavy atom. The van der Waals surface area contributed by atoms with Crippen molar-refractivity contribution in [1.82, 2.24) is 0 Å². The summed E-state index contributed by atoms with van der Waals surface area (Å²) in [6.07, 6.45) is 2.01. The topological polar surface area (TPSA) is 98.8 Å². The van der Waals surface area contributed by atoms with E-state index in [1.54, 1.807) is 12.1 Å². The van der Waals surface area contributed by atoms with Crippen LogP contribution in [0.25, 0.3) is 0 Å². The van der Waals surface area contributed by atoms with Crippen LogP contribution in [0.1, 0.15) is 18.1 Å². The van der Waals surface area contributed by atoms with Gasteiger partial charge in [0.25, 0.3) is 5.69 Å². The lowest BCUT2D eigenvalue weighted by molar-refractivity contribution is -0.385. The second-order valence-electron chi connectivity index (χ2n) is 4.41. The van der Waals surface area contributed by atoms with Crippen LogP contribution in [0.5, 0.6) is 11.5 Å². The highest BCUT2D eigenvalue weighted by molar-refractivity contribution is 5.86. The predicted molar refractivity (Wildman–Crippen MR) is 77.3 cm³/mol. The minimum absolute atomic E-state index is 0.0127. The Balaban J connectivity index is 2.37. The van der Waals surface area contributed by atoms with Gasteiger partial charge in [0, 0.05) is 18.3 Å². The summed E-state index contributed by atoms with van der Waals surface area (Å²) in [6, 6.07) is 8.44. The number of aryl methyl sites for hydroxylation is 1. The third kappa shape index (κ3) is 3.36. The summed E-state index contributed by atoms with van der Waals surface area (Å²) >= 11 is 0. The first-order valence-corrected chi connectivity index (χ1v) is 6.32. The van der Waals surface area contributed by atoms with Gasteiger partial charge in [-0.05, 0) is 29.7 Å². The van der Waals surface area contributed by atoms with Gasteiger partial charge in [-0.25, -0.2) is 0 Å². The number of hydrogen-bond acceptors (Lipinski definition) is 5. The van der Waals surface area contributed by atoms with E-state index in [4.69, 9.17) is 0 Å². The molecule has 0 radical (unpaired) electrons. The van der Waals surface area contributed by atoms with Crippen LogP contribution in [0.15, 0.2) is 41.4 Å². The van der Waals surface area contributed by atoms with Crippen LogP contribution in [0, 0.1) is 10.1 Å². The molecule has 0 atom stereocenters. The average molecular weight is 285 g/mol. The van der Waals surface area contributed by atoms with Crippen LogP contribution in [0.3, 0.4) is 0 Å². The van der Waals surface area contributed by atoms with Gasteiger partial charge in [-0.2, -0.15) is 0 Å². The molecule has 0 aliphatic heterocycles. The van der Waals surface area contributed by atoms with E-state index in [2.05, 4.69) is 4.99 Å². The SMILES string of the molecule is CCc1ccc(O)c(N=Cc2cc([N+](=O)[O-])ccc2[O-])c1. The van der Waals surface area contributed by atoms with Gasteiger partial charge < -0.3 is 10.2 Å². The maximum absolute atomic E-state index is 11.6. The first kappa shape index (κ1) is 14.5. The van der Waals surface area contributed by atoms with Crippen molar-refractivity contribution in [3.05, 3.63) is 57.6 Å². The minimum Gasteiger partial charge on any atom is -0.872 e. The molecule has 0 heterocycles. The summed E-state index contributed by atoms with van der Waals surface area (Å²) in [5.41, 5.74) is 1.23. The quantitative estimate of drug-likeness (QED) is 0.530. The van der Waals surface area contributed by atoms with Crippen LogP contribution in [0.4, 0.5) is 11.4 Å². The molecular formula is C15H13N2O4-. The zero-order valence-corrected chi connectivity index (χ0v) is 11.3. The summed E-state index contributed by atoms with van der Waals surface area (Å²) in [7, 11) is 0. The molecule has 2 aromatic rings. The van der Waals surface area contributed by atoms with Crippen LogP contribution in [-0.4, -0.2) is 16.2 Å². The molecule has 2 aromatic carbocycles. The molecule has 0 bridgehead atoms. The molecule has 1 N–H and O–H groups in total.